The Bertz CT molecular complexity index is 368. The van der Waals surface area contributed by atoms with Gasteiger partial charge in [-0.3, -0.25) is 4.79 Å². The predicted molar refractivity (Wildman–Crippen MR) is 73.7 cm³/mol. The molecule has 0 amide bonds. The van der Waals surface area contributed by atoms with Crippen LogP contribution in [0.4, 0.5) is 5.69 Å². The van der Waals surface area contributed by atoms with Crippen LogP contribution in [0.15, 0.2) is 24.3 Å². The van der Waals surface area contributed by atoms with Gasteiger partial charge in [0.05, 0.1) is 13.0 Å². The standard InChI is InChI=1S/C13H21NO2Si/c1-5-16-13(15)10-11-6-8-12(9-7-11)14-17(2,3)4/h6-9,14H,5,10H2,1-4H3. The molecular formula is C13H21NO2Si. The maximum absolute atomic E-state index is 11.3. The first-order chi connectivity index (χ1) is 7.90. The highest BCUT2D eigenvalue weighted by Gasteiger charge is 2.12. The summed E-state index contributed by atoms with van der Waals surface area (Å²) in [5, 5.41) is 0. The van der Waals surface area contributed by atoms with Crippen LogP contribution in [0.1, 0.15) is 12.5 Å². The molecular weight excluding hydrogens is 230 g/mol. The lowest BCUT2D eigenvalue weighted by Crippen LogP contribution is -2.32. The van der Waals surface area contributed by atoms with E-state index in [0.29, 0.717) is 13.0 Å². The molecule has 3 nitrogen and oxygen atoms in total. The minimum absolute atomic E-state index is 0.168. The molecule has 1 aromatic rings. The largest absolute Gasteiger partial charge is 0.466 e. The Morgan fingerprint density at radius 3 is 2.29 bits per heavy atom. The van der Waals surface area contributed by atoms with Gasteiger partial charge in [-0.1, -0.05) is 31.8 Å². The maximum Gasteiger partial charge on any atom is 0.310 e. The number of rotatable bonds is 5. The predicted octanol–water partition coefficient (Wildman–Crippen LogP) is 3.04. The van der Waals surface area contributed by atoms with Gasteiger partial charge in [0, 0.05) is 5.69 Å². The van der Waals surface area contributed by atoms with Crippen molar-refractivity contribution in [2.75, 3.05) is 11.6 Å². The minimum Gasteiger partial charge on any atom is -0.466 e. The quantitative estimate of drug-likeness (QED) is 0.645. The van der Waals surface area contributed by atoms with Gasteiger partial charge >= 0.3 is 5.97 Å². The smallest absolute Gasteiger partial charge is 0.310 e. The van der Waals surface area contributed by atoms with Crippen LogP contribution >= 0.6 is 0 Å². The van der Waals surface area contributed by atoms with Gasteiger partial charge in [-0.05, 0) is 24.6 Å². The molecule has 0 saturated carbocycles. The van der Waals surface area contributed by atoms with Crippen LogP contribution in [0.5, 0.6) is 0 Å². The molecule has 1 rings (SSSR count). The van der Waals surface area contributed by atoms with E-state index in [9.17, 15) is 4.79 Å². The first kappa shape index (κ1) is 13.8. The lowest BCUT2D eigenvalue weighted by Gasteiger charge is -2.19. The zero-order chi connectivity index (χ0) is 12.9. The SMILES string of the molecule is CCOC(=O)Cc1ccc(N[Si](C)(C)C)cc1. The van der Waals surface area contributed by atoms with Gasteiger partial charge < -0.3 is 9.72 Å². The summed E-state index contributed by atoms with van der Waals surface area (Å²) in [6.07, 6.45) is 0.348. The second kappa shape index (κ2) is 5.86. The number of hydrogen-bond donors (Lipinski definition) is 1. The van der Waals surface area contributed by atoms with Crippen molar-refractivity contribution in [1.29, 1.82) is 0 Å². The molecule has 17 heavy (non-hydrogen) atoms. The van der Waals surface area contributed by atoms with Gasteiger partial charge in [0.15, 0.2) is 0 Å². The van der Waals surface area contributed by atoms with Gasteiger partial charge in [-0.2, -0.15) is 0 Å². The number of hydrogen-bond acceptors (Lipinski definition) is 3. The second-order valence-electron chi connectivity index (χ2n) is 5.05. The molecule has 0 aromatic heterocycles. The van der Waals surface area contributed by atoms with E-state index in [-0.39, 0.29) is 5.97 Å². The van der Waals surface area contributed by atoms with Crippen molar-refractivity contribution in [3.8, 4) is 0 Å². The Morgan fingerprint density at radius 2 is 1.82 bits per heavy atom. The zero-order valence-corrected chi connectivity index (χ0v) is 12.0. The van der Waals surface area contributed by atoms with E-state index in [1.54, 1.807) is 0 Å². The Morgan fingerprint density at radius 1 is 1.24 bits per heavy atom. The van der Waals surface area contributed by atoms with Crippen LogP contribution in [-0.2, 0) is 16.0 Å². The van der Waals surface area contributed by atoms with Crippen molar-refractivity contribution in [3.05, 3.63) is 29.8 Å². The molecule has 0 saturated heterocycles. The highest BCUT2D eigenvalue weighted by Crippen LogP contribution is 2.14. The van der Waals surface area contributed by atoms with Gasteiger partial charge in [0.1, 0.15) is 8.24 Å². The molecule has 0 aliphatic heterocycles. The molecule has 1 aromatic carbocycles. The van der Waals surface area contributed by atoms with Crippen LogP contribution in [0.2, 0.25) is 19.6 Å². The van der Waals surface area contributed by atoms with Crippen molar-refractivity contribution in [2.24, 2.45) is 0 Å². The normalized spacial score (nSPS) is 11.1. The minimum atomic E-state index is -1.30. The van der Waals surface area contributed by atoms with Gasteiger partial charge in [-0.25, -0.2) is 0 Å². The maximum atomic E-state index is 11.3. The molecule has 0 fully saturated rings. The van der Waals surface area contributed by atoms with Crippen LogP contribution in [0.25, 0.3) is 0 Å². The fraction of sp³-hybridized carbons (Fsp3) is 0.462. The summed E-state index contributed by atoms with van der Waals surface area (Å²) in [4.78, 5) is 14.8. The highest BCUT2D eigenvalue weighted by molar-refractivity contribution is 6.79. The summed E-state index contributed by atoms with van der Waals surface area (Å²) < 4.78 is 4.91. The van der Waals surface area contributed by atoms with Crippen LogP contribution in [0, 0.1) is 0 Å². The molecule has 0 heterocycles. The molecule has 0 aliphatic rings. The Balaban J connectivity index is 2.59. The summed E-state index contributed by atoms with van der Waals surface area (Å²) in [6.45, 7) is 9.01. The second-order valence-corrected chi connectivity index (χ2v) is 9.80. The van der Waals surface area contributed by atoms with E-state index in [2.05, 4.69) is 24.6 Å². The number of carbonyl (C=O) groups excluding carboxylic acids is 1. The van der Waals surface area contributed by atoms with Gasteiger partial charge in [0.25, 0.3) is 0 Å². The molecule has 0 radical (unpaired) electrons. The van der Waals surface area contributed by atoms with Gasteiger partial charge in [0.2, 0.25) is 0 Å². The number of ether oxygens (including phenoxy) is 1. The van der Waals surface area contributed by atoms with Crippen molar-refractivity contribution in [2.45, 2.75) is 33.0 Å². The van der Waals surface area contributed by atoms with E-state index in [0.717, 1.165) is 11.3 Å². The van der Waals surface area contributed by atoms with Gasteiger partial charge in [-0.15, -0.1) is 0 Å². The molecule has 0 atom stereocenters. The Labute approximate surface area is 104 Å². The number of benzene rings is 1. The van der Waals surface area contributed by atoms with Crippen molar-refractivity contribution >= 4 is 19.9 Å². The van der Waals surface area contributed by atoms with E-state index in [1.165, 1.54) is 0 Å². The average Bonchev–Trinajstić information content (AvgIpc) is 2.19. The molecule has 0 aliphatic carbocycles. The third kappa shape index (κ3) is 5.54. The molecule has 0 unspecified atom stereocenters. The van der Waals surface area contributed by atoms with Crippen LogP contribution in [0.3, 0.4) is 0 Å². The summed E-state index contributed by atoms with van der Waals surface area (Å²) in [7, 11) is -1.30. The summed E-state index contributed by atoms with van der Waals surface area (Å²) in [6, 6.07) is 7.98. The van der Waals surface area contributed by atoms with Crippen LogP contribution < -0.4 is 4.98 Å². The fourth-order valence-corrected chi connectivity index (χ4v) is 2.55. The summed E-state index contributed by atoms with van der Waals surface area (Å²) in [5.74, 6) is -0.168. The lowest BCUT2D eigenvalue weighted by molar-refractivity contribution is -0.142. The van der Waals surface area contributed by atoms with E-state index >= 15 is 0 Å². The molecule has 1 N–H and O–H groups in total. The van der Waals surface area contributed by atoms with Crippen LogP contribution in [-0.4, -0.2) is 20.8 Å². The van der Waals surface area contributed by atoms with Crippen molar-refractivity contribution < 1.29 is 9.53 Å². The molecule has 0 bridgehead atoms. The highest BCUT2D eigenvalue weighted by atomic mass is 28.3. The summed E-state index contributed by atoms with van der Waals surface area (Å²) >= 11 is 0. The first-order valence-electron chi connectivity index (χ1n) is 5.93. The monoisotopic (exact) mass is 251 g/mol. The van der Waals surface area contributed by atoms with Crippen molar-refractivity contribution in [1.82, 2.24) is 0 Å². The number of nitrogens with one attached hydrogen (secondary N) is 1. The number of carbonyl (C=O) groups is 1. The molecule has 0 spiro atoms. The zero-order valence-electron chi connectivity index (χ0n) is 11.0. The molecule has 4 heteroatoms. The number of esters is 1. The van der Waals surface area contributed by atoms with E-state index in [1.807, 2.05) is 31.2 Å². The Kier molecular flexibility index (Phi) is 4.75. The van der Waals surface area contributed by atoms with E-state index in [4.69, 9.17) is 4.74 Å². The third-order valence-electron chi connectivity index (χ3n) is 2.13. The Hall–Kier alpha value is -1.29. The fourth-order valence-electron chi connectivity index (χ4n) is 1.52. The summed E-state index contributed by atoms with van der Waals surface area (Å²) in [5.41, 5.74) is 2.11. The third-order valence-corrected chi connectivity index (χ3v) is 3.17. The topological polar surface area (TPSA) is 38.3 Å². The molecule has 94 valence electrons. The number of anilines is 1. The average molecular weight is 251 g/mol. The van der Waals surface area contributed by atoms with E-state index < -0.39 is 8.24 Å². The first-order valence-corrected chi connectivity index (χ1v) is 9.43. The lowest BCUT2D eigenvalue weighted by atomic mass is 10.1. The van der Waals surface area contributed by atoms with Crippen molar-refractivity contribution in [3.63, 3.8) is 0 Å².